The summed E-state index contributed by atoms with van der Waals surface area (Å²) in [6.45, 7) is 2.72. The Bertz CT molecular complexity index is 1030. The lowest BCUT2D eigenvalue weighted by molar-refractivity contribution is -0.132. The molecule has 1 saturated heterocycles. The molecule has 1 aliphatic rings. The van der Waals surface area contributed by atoms with Gasteiger partial charge >= 0.3 is 0 Å². The molecule has 30 heavy (non-hydrogen) atoms. The maximum absolute atomic E-state index is 12.9. The van der Waals surface area contributed by atoms with E-state index in [1.807, 2.05) is 19.1 Å². The van der Waals surface area contributed by atoms with Crippen molar-refractivity contribution in [3.05, 3.63) is 63.6 Å². The number of sulfonamides is 1. The summed E-state index contributed by atoms with van der Waals surface area (Å²) in [6, 6.07) is 11.8. The third-order valence-electron chi connectivity index (χ3n) is 5.05. The quantitative estimate of drug-likeness (QED) is 0.604. The molecule has 1 heterocycles. The SMILES string of the molecule is Cc1ccc(C(=O)CCC(=O)N2CCN(S(=O)(=O)c3c(Cl)cccc3Cl)CC2)cc1. The lowest BCUT2D eigenvalue weighted by Gasteiger charge is -2.34. The number of rotatable bonds is 6. The molecule has 160 valence electrons. The lowest BCUT2D eigenvalue weighted by atomic mass is 10.0. The standard InChI is InChI=1S/C21H22Cl2N2O4S/c1-15-5-7-16(8-6-15)19(26)9-10-20(27)24-11-13-25(14-12-24)30(28,29)21-17(22)3-2-4-18(21)23/h2-8H,9-14H2,1H3. The average Bonchev–Trinajstić information content (AvgIpc) is 2.72. The molecule has 2 aromatic rings. The van der Waals surface area contributed by atoms with Crippen molar-refractivity contribution in [2.24, 2.45) is 0 Å². The molecule has 0 unspecified atom stereocenters. The maximum atomic E-state index is 12.9. The van der Waals surface area contributed by atoms with Gasteiger partial charge in [0.1, 0.15) is 4.90 Å². The minimum absolute atomic E-state index is 0.0654. The van der Waals surface area contributed by atoms with E-state index in [0.717, 1.165) is 5.56 Å². The first-order valence-electron chi connectivity index (χ1n) is 9.52. The van der Waals surface area contributed by atoms with Gasteiger partial charge in [-0.2, -0.15) is 4.31 Å². The molecule has 2 aromatic carbocycles. The normalized spacial score (nSPS) is 15.2. The van der Waals surface area contributed by atoms with Crippen LogP contribution in [0.5, 0.6) is 0 Å². The summed E-state index contributed by atoms with van der Waals surface area (Å²) in [4.78, 5) is 26.2. The predicted octanol–water partition coefficient (Wildman–Crippen LogP) is 3.80. The summed E-state index contributed by atoms with van der Waals surface area (Å²) in [7, 11) is -3.86. The van der Waals surface area contributed by atoms with Crippen LogP contribution >= 0.6 is 23.2 Å². The van der Waals surface area contributed by atoms with Crippen LogP contribution in [0.15, 0.2) is 47.4 Å². The highest BCUT2D eigenvalue weighted by Crippen LogP contribution is 2.31. The van der Waals surface area contributed by atoms with Crippen molar-refractivity contribution in [3.8, 4) is 0 Å². The smallest absolute Gasteiger partial charge is 0.246 e. The zero-order valence-electron chi connectivity index (χ0n) is 16.5. The molecule has 0 aliphatic carbocycles. The lowest BCUT2D eigenvalue weighted by Crippen LogP contribution is -2.50. The fourth-order valence-corrected chi connectivity index (χ4v) is 5.81. The molecule has 0 spiro atoms. The van der Waals surface area contributed by atoms with Gasteiger partial charge in [0.15, 0.2) is 5.78 Å². The number of carbonyl (C=O) groups excluding carboxylic acids is 2. The topological polar surface area (TPSA) is 74.8 Å². The van der Waals surface area contributed by atoms with Gasteiger partial charge in [-0.3, -0.25) is 9.59 Å². The van der Waals surface area contributed by atoms with Gasteiger partial charge in [-0.1, -0.05) is 59.1 Å². The molecule has 0 bridgehead atoms. The van der Waals surface area contributed by atoms with E-state index in [1.165, 1.54) is 16.4 Å². The molecular weight excluding hydrogens is 447 g/mol. The van der Waals surface area contributed by atoms with E-state index < -0.39 is 10.0 Å². The van der Waals surface area contributed by atoms with E-state index in [1.54, 1.807) is 23.1 Å². The zero-order chi connectivity index (χ0) is 21.9. The first-order valence-corrected chi connectivity index (χ1v) is 11.7. The Hall–Kier alpha value is -1.93. The third-order valence-corrected chi connectivity index (χ3v) is 7.90. The van der Waals surface area contributed by atoms with E-state index in [9.17, 15) is 18.0 Å². The van der Waals surface area contributed by atoms with Gasteiger partial charge in [-0.05, 0) is 19.1 Å². The Morgan fingerprint density at radius 1 is 0.900 bits per heavy atom. The number of hydrogen-bond acceptors (Lipinski definition) is 4. The molecular formula is C21H22Cl2N2O4S. The first kappa shape index (κ1) is 22.7. The largest absolute Gasteiger partial charge is 0.340 e. The van der Waals surface area contributed by atoms with Gasteiger partial charge in [-0.25, -0.2) is 8.42 Å². The number of benzene rings is 2. The first-order chi connectivity index (χ1) is 14.2. The second-order valence-corrected chi connectivity index (χ2v) is 9.81. The Labute approximate surface area is 186 Å². The number of Topliss-reactive ketones (excluding diaryl/α,β-unsaturated/α-hetero) is 1. The highest BCUT2D eigenvalue weighted by Gasteiger charge is 2.33. The monoisotopic (exact) mass is 468 g/mol. The summed E-state index contributed by atoms with van der Waals surface area (Å²) in [6.07, 6.45) is 0.214. The highest BCUT2D eigenvalue weighted by molar-refractivity contribution is 7.89. The van der Waals surface area contributed by atoms with Gasteiger partial charge in [0, 0.05) is 44.6 Å². The summed E-state index contributed by atoms with van der Waals surface area (Å²) in [5.74, 6) is -0.249. The summed E-state index contributed by atoms with van der Waals surface area (Å²) >= 11 is 12.1. The van der Waals surface area contributed by atoms with Crippen LogP contribution in [0.3, 0.4) is 0 Å². The van der Waals surface area contributed by atoms with Crippen LogP contribution in [0.2, 0.25) is 10.0 Å². The number of amides is 1. The van der Waals surface area contributed by atoms with E-state index in [2.05, 4.69) is 0 Å². The van der Waals surface area contributed by atoms with Crippen molar-refractivity contribution in [2.45, 2.75) is 24.7 Å². The third kappa shape index (κ3) is 5.03. The Morgan fingerprint density at radius 2 is 1.47 bits per heavy atom. The molecule has 1 aliphatic heterocycles. The molecule has 3 rings (SSSR count). The molecule has 0 aromatic heterocycles. The predicted molar refractivity (Wildman–Crippen MR) is 117 cm³/mol. The molecule has 1 amide bonds. The van der Waals surface area contributed by atoms with E-state index in [0.29, 0.717) is 5.56 Å². The minimum Gasteiger partial charge on any atom is -0.340 e. The van der Waals surface area contributed by atoms with Crippen molar-refractivity contribution < 1.29 is 18.0 Å². The van der Waals surface area contributed by atoms with Crippen molar-refractivity contribution in [3.63, 3.8) is 0 Å². The molecule has 0 radical (unpaired) electrons. The van der Waals surface area contributed by atoms with E-state index >= 15 is 0 Å². The number of nitrogens with zero attached hydrogens (tertiary/aromatic N) is 2. The number of halogens is 2. The molecule has 9 heteroatoms. The van der Waals surface area contributed by atoms with Crippen LogP contribution in [-0.4, -0.2) is 55.5 Å². The van der Waals surface area contributed by atoms with Crippen LogP contribution in [-0.2, 0) is 14.8 Å². The van der Waals surface area contributed by atoms with Crippen molar-refractivity contribution in [2.75, 3.05) is 26.2 Å². The Balaban J connectivity index is 1.56. The van der Waals surface area contributed by atoms with Crippen LogP contribution in [0.4, 0.5) is 0 Å². The molecule has 6 nitrogen and oxygen atoms in total. The Kier molecular flexibility index (Phi) is 7.18. The van der Waals surface area contributed by atoms with Gasteiger partial charge in [-0.15, -0.1) is 0 Å². The fraction of sp³-hybridized carbons (Fsp3) is 0.333. The zero-order valence-corrected chi connectivity index (χ0v) is 18.8. The molecule has 0 N–H and O–H groups in total. The van der Waals surface area contributed by atoms with E-state index in [-0.39, 0.29) is 65.7 Å². The number of hydrogen-bond donors (Lipinski definition) is 0. The summed E-state index contributed by atoms with van der Waals surface area (Å²) in [5, 5.41) is 0.131. The van der Waals surface area contributed by atoms with Gasteiger partial charge < -0.3 is 4.90 Å². The Morgan fingerprint density at radius 3 is 2.03 bits per heavy atom. The van der Waals surface area contributed by atoms with Gasteiger partial charge in [0.2, 0.25) is 15.9 Å². The molecule has 0 atom stereocenters. The fourth-order valence-electron chi connectivity index (χ4n) is 3.30. The maximum Gasteiger partial charge on any atom is 0.246 e. The van der Waals surface area contributed by atoms with E-state index in [4.69, 9.17) is 23.2 Å². The van der Waals surface area contributed by atoms with Crippen molar-refractivity contribution in [1.29, 1.82) is 0 Å². The highest BCUT2D eigenvalue weighted by atomic mass is 35.5. The van der Waals surface area contributed by atoms with Gasteiger partial charge in [0.05, 0.1) is 10.0 Å². The molecule has 0 saturated carbocycles. The molecule has 1 fully saturated rings. The van der Waals surface area contributed by atoms with Gasteiger partial charge in [0.25, 0.3) is 0 Å². The van der Waals surface area contributed by atoms with Crippen LogP contribution in [0.1, 0.15) is 28.8 Å². The summed E-state index contributed by atoms with van der Waals surface area (Å²) < 4.78 is 27.1. The second kappa shape index (κ2) is 9.47. The van der Waals surface area contributed by atoms with Crippen molar-refractivity contribution >= 4 is 44.9 Å². The second-order valence-electron chi connectivity index (χ2n) is 7.12. The number of ketones is 1. The number of aryl methyl sites for hydroxylation is 1. The van der Waals surface area contributed by atoms with Crippen LogP contribution < -0.4 is 0 Å². The summed E-state index contributed by atoms with van der Waals surface area (Å²) in [5.41, 5.74) is 1.65. The number of carbonyl (C=O) groups is 2. The van der Waals surface area contributed by atoms with Crippen LogP contribution in [0.25, 0.3) is 0 Å². The van der Waals surface area contributed by atoms with Crippen molar-refractivity contribution in [1.82, 2.24) is 9.21 Å². The van der Waals surface area contributed by atoms with Crippen LogP contribution in [0, 0.1) is 6.92 Å². The average molecular weight is 469 g/mol. The minimum atomic E-state index is -3.86. The number of piperazine rings is 1.